The third-order valence-corrected chi connectivity index (χ3v) is 5.19. The van der Waals surface area contributed by atoms with E-state index >= 15 is 0 Å². The van der Waals surface area contributed by atoms with Crippen molar-refractivity contribution in [2.75, 3.05) is 21.1 Å². The molecule has 0 aliphatic heterocycles. The molecule has 0 fully saturated rings. The van der Waals surface area contributed by atoms with Crippen molar-refractivity contribution in [1.29, 1.82) is 0 Å². The number of carbonyl (C=O) groups excluding carboxylic acids is 4. The molecule has 0 aliphatic carbocycles. The molecule has 1 N–H and O–H groups in total. The number of amides is 2. The summed E-state index contributed by atoms with van der Waals surface area (Å²) >= 11 is 0. The van der Waals surface area contributed by atoms with Crippen LogP contribution in [0.5, 0.6) is 0 Å². The molecule has 0 aliphatic rings. The molecule has 6 nitrogen and oxygen atoms in total. The molecule has 0 saturated carbocycles. The number of aldehydes is 2. The van der Waals surface area contributed by atoms with E-state index in [1.54, 1.807) is 0 Å². The molecule has 0 atom stereocenters. The Bertz CT molecular complexity index is 1130. The lowest BCUT2D eigenvalue weighted by atomic mass is 9.71. The Balaban J connectivity index is 3.08. The SMILES string of the molecule is CNC(=O)c1cc(C(c2ccc(C=O)c(C(=O)N(C)C)c2)(C(F)(F)F)C(F)(F)F)ccc1C=O. The molecule has 34 heavy (non-hydrogen) atoms. The van der Waals surface area contributed by atoms with Crippen LogP contribution in [0.2, 0.25) is 0 Å². The molecule has 2 aromatic rings. The van der Waals surface area contributed by atoms with Crippen LogP contribution in [0.15, 0.2) is 36.4 Å². The molecule has 0 bridgehead atoms. The second-order valence-corrected chi connectivity index (χ2v) is 7.36. The van der Waals surface area contributed by atoms with E-state index in [2.05, 4.69) is 5.32 Å². The Hall–Kier alpha value is -3.70. The summed E-state index contributed by atoms with van der Waals surface area (Å²) in [4.78, 5) is 47.9. The first kappa shape index (κ1) is 26.6. The maximum atomic E-state index is 14.5. The van der Waals surface area contributed by atoms with Gasteiger partial charge in [0.05, 0.1) is 11.1 Å². The minimum Gasteiger partial charge on any atom is -0.355 e. The second-order valence-electron chi connectivity index (χ2n) is 7.36. The first-order chi connectivity index (χ1) is 15.7. The van der Waals surface area contributed by atoms with Crippen molar-refractivity contribution >= 4 is 24.4 Å². The number of hydrogen-bond donors (Lipinski definition) is 1. The number of benzene rings is 2. The standard InChI is InChI=1S/C22H18F6N2O4/c1-29-18(33)16-8-14(6-4-12(16)10-31)20(21(23,24)25,22(26,27)28)15-7-5-13(11-32)17(9-15)19(34)30(2)3/h4-11H,1-3H3,(H,29,33). The monoisotopic (exact) mass is 488 g/mol. The third kappa shape index (κ3) is 4.27. The lowest BCUT2D eigenvalue weighted by Gasteiger charge is -2.38. The summed E-state index contributed by atoms with van der Waals surface area (Å²) in [6, 6.07) is 2.95. The maximum Gasteiger partial charge on any atom is 0.411 e. The van der Waals surface area contributed by atoms with Gasteiger partial charge in [-0.25, -0.2) is 0 Å². The van der Waals surface area contributed by atoms with Gasteiger partial charge in [0.15, 0.2) is 12.6 Å². The zero-order valence-electron chi connectivity index (χ0n) is 18.0. The normalized spacial score (nSPS) is 12.1. The summed E-state index contributed by atoms with van der Waals surface area (Å²) in [5.74, 6) is -2.08. The first-order valence-corrected chi connectivity index (χ1v) is 9.43. The Morgan fingerprint density at radius 2 is 1.21 bits per heavy atom. The number of hydrogen-bond acceptors (Lipinski definition) is 4. The van der Waals surface area contributed by atoms with E-state index in [1.165, 1.54) is 14.1 Å². The average molecular weight is 488 g/mol. The molecule has 0 spiro atoms. The molecule has 0 saturated heterocycles. The minimum atomic E-state index is -6.02. The van der Waals surface area contributed by atoms with Gasteiger partial charge in [-0.2, -0.15) is 26.3 Å². The van der Waals surface area contributed by atoms with E-state index in [9.17, 15) is 45.5 Å². The van der Waals surface area contributed by atoms with Crippen LogP contribution in [-0.4, -0.2) is 62.8 Å². The van der Waals surface area contributed by atoms with Gasteiger partial charge in [-0.3, -0.25) is 19.2 Å². The maximum absolute atomic E-state index is 14.5. The van der Waals surface area contributed by atoms with E-state index in [-0.39, 0.29) is 12.6 Å². The van der Waals surface area contributed by atoms with Crippen molar-refractivity contribution < 1.29 is 45.5 Å². The fourth-order valence-electron chi connectivity index (χ4n) is 3.52. The van der Waals surface area contributed by atoms with Crippen molar-refractivity contribution in [3.05, 3.63) is 69.8 Å². The van der Waals surface area contributed by atoms with Crippen molar-refractivity contribution in [2.24, 2.45) is 0 Å². The van der Waals surface area contributed by atoms with Crippen LogP contribution in [0.3, 0.4) is 0 Å². The highest BCUT2D eigenvalue weighted by atomic mass is 19.4. The lowest BCUT2D eigenvalue weighted by Crippen LogP contribution is -2.55. The van der Waals surface area contributed by atoms with Crippen LogP contribution in [-0.2, 0) is 5.41 Å². The van der Waals surface area contributed by atoms with Gasteiger partial charge in [0.2, 0.25) is 5.41 Å². The number of halogens is 6. The topological polar surface area (TPSA) is 83.6 Å². The van der Waals surface area contributed by atoms with Gasteiger partial charge in [0.25, 0.3) is 11.8 Å². The van der Waals surface area contributed by atoms with Crippen molar-refractivity contribution in [1.82, 2.24) is 10.2 Å². The highest BCUT2D eigenvalue weighted by Crippen LogP contribution is 2.56. The van der Waals surface area contributed by atoms with Crippen LogP contribution < -0.4 is 5.32 Å². The van der Waals surface area contributed by atoms with Gasteiger partial charge in [0, 0.05) is 32.3 Å². The predicted molar refractivity (Wildman–Crippen MR) is 108 cm³/mol. The molecule has 0 heterocycles. The molecule has 182 valence electrons. The van der Waals surface area contributed by atoms with Gasteiger partial charge < -0.3 is 10.2 Å². The molecular formula is C22H18F6N2O4. The number of nitrogens with zero attached hydrogens (tertiary/aromatic N) is 1. The zero-order chi connectivity index (χ0) is 26.1. The van der Waals surface area contributed by atoms with Crippen LogP contribution in [0.25, 0.3) is 0 Å². The zero-order valence-corrected chi connectivity index (χ0v) is 18.0. The van der Waals surface area contributed by atoms with Gasteiger partial charge in [-0.1, -0.05) is 24.3 Å². The van der Waals surface area contributed by atoms with Crippen LogP contribution in [0, 0.1) is 0 Å². The number of carbonyl (C=O) groups is 4. The van der Waals surface area contributed by atoms with E-state index in [0.717, 1.165) is 11.9 Å². The molecular weight excluding hydrogens is 470 g/mol. The largest absolute Gasteiger partial charge is 0.411 e. The smallest absolute Gasteiger partial charge is 0.355 e. The Morgan fingerprint density at radius 3 is 1.56 bits per heavy atom. The van der Waals surface area contributed by atoms with Gasteiger partial charge in [-0.15, -0.1) is 0 Å². The van der Waals surface area contributed by atoms with Gasteiger partial charge in [-0.05, 0) is 23.3 Å². The molecule has 0 radical (unpaired) electrons. The van der Waals surface area contributed by atoms with Crippen LogP contribution in [0.1, 0.15) is 52.6 Å². The summed E-state index contributed by atoms with van der Waals surface area (Å²) in [6.07, 6.45) is -11.8. The first-order valence-electron chi connectivity index (χ1n) is 9.43. The second kappa shape index (κ2) is 9.27. The van der Waals surface area contributed by atoms with Gasteiger partial charge >= 0.3 is 12.4 Å². The van der Waals surface area contributed by atoms with Crippen LogP contribution in [0.4, 0.5) is 26.3 Å². The van der Waals surface area contributed by atoms with Crippen molar-refractivity contribution in [2.45, 2.75) is 17.8 Å². The predicted octanol–water partition coefficient (Wildman–Crippen LogP) is 3.78. The summed E-state index contributed by atoms with van der Waals surface area (Å²) in [5, 5.41) is 2.05. The number of alkyl halides is 6. The highest BCUT2D eigenvalue weighted by Gasteiger charge is 2.72. The van der Waals surface area contributed by atoms with E-state index in [4.69, 9.17) is 0 Å². The average Bonchev–Trinajstić information content (AvgIpc) is 2.76. The molecule has 2 amide bonds. The summed E-state index contributed by atoms with van der Waals surface area (Å²) in [5.41, 5.74) is -9.73. The fourth-order valence-corrected chi connectivity index (χ4v) is 3.52. The summed E-state index contributed by atoms with van der Waals surface area (Å²) in [6.45, 7) is 0. The summed E-state index contributed by atoms with van der Waals surface area (Å²) < 4.78 is 86.8. The van der Waals surface area contributed by atoms with Crippen molar-refractivity contribution in [3.63, 3.8) is 0 Å². The molecule has 12 heteroatoms. The van der Waals surface area contributed by atoms with Gasteiger partial charge in [0.1, 0.15) is 0 Å². The van der Waals surface area contributed by atoms with E-state index < -0.39 is 63.0 Å². The molecule has 2 rings (SSSR count). The Kier molecular flexibility index (Phi) is 7.24. The van der Waals surface area contributed by atoms with Crippen LogP contribution >= 0.6 is 0 Å². The molecule has 0 unspecified atom stereocenters. The third-order valence-electron chi connectivity index (χ3n) is 5.19. The summed E-state index contributed by atoms with van der Waals surface area (Å²) in [7, 11) is 3.50. The Labute approximate surface area is 189 Å². The van der Waals surface area contributed by atoms with E-state index in [0.29, 0.717) is 36.4 Å². The van der Waals surface area contributed by atoms with Crippen molar-refractivity contribution in [3.8, 4) is 0 Å². The van der Waals surface area contributed by atoms with E-state index in [1.807, 2.05) is 0 Å². The minimum absolute atomic E-state index is 0.115. The Morgan fingerprint density at radius 1 is 0.794 bits per heavy atom. The number of nitrogens with one attached hydrogen (secondary N) is 1. The quantitative estimate of drug-likeness (QED) is 0.496. The lowest BCUT2D eigenvalue weighted by molar-refractivity contribution is -0.288. The molecule has 2 aromatic carbocycles. The fraction of sp³-hybridized carbons (Fsp3) is 0.273. The molecule has 0 aromatic heterocycles. The number of rotatable bonds is 6. The highest BCUT2D eigenvalue weighted by molar-refractivity contribution is 6.02.